The van der Waals surface area contributed by atoms with E-state index in [1.165, 1.54) is 13.3 Å². The van der Waals surface area contributed by atoms with Crippen molar-refractivity contribution in [2.45, 2.75) is 57.3 Å². The lowest BCUT2D eigenvalue weighted by Gasteiger charge is -2.24. The van der Waals surface area contributed by atoms with Crippen LogP contribution in [0, 0.1) is 5.92 Å². The zero-order chi connectivity index (χ0) is 15.2. The Bertz CT molecular complexity index is 304. The van der Waals surface area contributed by atoms with Crippen molar-refractivity contribution < 1.29 is 23.1 Å². The second-order valence-corrected chi connectivity index (χ2v) is 5.48. The zero-order valence-corrected chi connectivity index (χ0v) is 11.7. The third kappa shape index (κ3) is 6.56. The summed E-state index contributed by atoms with van der Waals surface area (Å²) >= 11 is 0. The van der Waals surface area contributed by atoms with Crippen molar-refractivity contribution in [1.82, 2.24) is 10.6 Å². The molecule has 0 spiro atoms. The van der Waals surface area contributed by atoms with Gasteiger partial charge >= 0.3 is 6.18 Å². The fourth-order valence-corrected chi connectivity index (χ4v) is 2.36. The second-order valence-electron chi connectivity index (χ2n) is 5.48. The standard InChI is InChI=1S/C13H23F3N2O2/c1-9(18-8-13(14,15)16)11(19)12(20)17-7-10-5-3-2-4-6-10/h9-11,18-19H,2-8H2,1H3,(H,17,20). The number of nitrogens with one attached hydrogen (secondary N) is 2. The predicted molar refractivity (Wildman–Crippen MR) is 69.1 cm³/mol. The van der Waals surface area contributed by atoms with Crippen LogP contribution >= 0.6 is 0 Å². The molecule has 3 N–H and O–H groups in total. The van der Waals surface area contributed by atoms with Gasteiger partial charge in [-0.1, -0.05) is 19.3 Å². The van der Waals surface area contributed by atoms with E-state index >= 15 is 0 Å². The van der Waals surface area contributed by atoms with Crippen LogP contribution in [0.15, 0.2) is 0 Å². The summed E-state index contributed by atoms with van der Waals surface area (Å²) in [6.45, 7) is 0.625. The average molecular weight is 296 g/mol. The Morgan fingerprint density at radius 2 is 1.90 bits per heavy atom. The third-order valence-corrected chi connectivity index (χ3v) is 3.66. The lowest BCUT2D eigenvalue weighted by molar-refractivity contribution is -0.136. The first-order valence-electron chi connectivity index (χ1n) is 7.05. The molecule has 2 atom stereocenters. The van der Waals surface area contributed by atoms with Crippen molar-refractivity contribution in [3.63, 3.8) is 0 Å². The van der Waals surface area contributed by atoms with E-state index in [-0.39, 0.29) is 0 Å². The Morgan fingerprint density at radius 1 is 1.30 bits per heavy atom. The number of rotatable bonds is 6. The number of alkyl halides is 3. The molecule has 0 radical (unpaired) electrons. The molecule has 0 aliphatic heterocycles. The fraction of sp³-hybridized carbons (Fsp3) is 0.923. The molecule has 1 fully saturated rings. The molecule has 1 amide bonds. The van der Waals surface area contributed by atoms with Crippen LogP contribution in [0.3, 0.4) is 0 Å². The number of carbonyl (C=O) groups is 1. The van der Waals surface area contributed by atoms with Crippen LogP contribution in [0.2, 0.25) is 0 Å². The number of carbonyl (C=O) groups excluding carboxylic acids is 1. The topological polar surface area (TPSA) is 61.4 Å². The van der Waals surface area contributed by atoms with Crippen LogP contribution < -0.4 is 10.6 Å². The number of hydrogen-bond acceptors (Lipinski definition) is 3. The van der Waals surface area contributed by atoms with Gasteiger partial charge in [0.2, 0.25) is 5.91 Å². The molecule has 0 aromatic heterocycles. The minimum absolute atomic E-state index is 0.415. The number of hydrogen-bond donors (Lipinski definition) is 3. The average Bonchev–Trinajstić information content (AvgIpc) is 2.41. The monoisotopic (exact) mass is 296 g/mol. The summed E-state index contributed by atoms with van der Waals surface area (Å²) in [6, 6.07) is -0.942. The number of halogens is 3. The number of aliphatic hydroxyl groups excluding tert-OH is 1. The SMILES string of the molecule is CC(NCC(F)(F)F)C(O)C(=O)NCC1CCCCC1. The fourth-order valence-electron chi connectivity index (χ4n) is 2.36. The Morgan fingerprint density at radius 3 is 2.45 bits per heavy atom. The van der Waals surface area contributed by atoms with Crippen molar-refractivity contribution in [1.29, 1.82) is 0 Å². The van der Waals surface area contributed by atoms with Crippen molar-refractivity contribution in [2.75, 3.05) is 13.1 Å². The van der Waals surface area contributed by atoms with E-state index in [1.54, 1.807) is 0 Å². The van der Waals surface area contributed by atoms with Gasteiger partial charge < -0.3 is 15.7 Å². The predicted octanol–water partition coefficient (Wildman–Crippen LogP) is 1.58. The first-order chi connectivity index (χ1) is 9.29. The zero-order valence-electron chi connectivity index (χ0n) is 11.7. The molecule has 118 valence electrons. The largest absolute Gasteiger partial charge is 0.401 e. The summed E-state index contributed by atoms with van der Waals surface area (Å²) in [4.78, 5) is 11.7. The van der Waals surface area contributed by atoms with Crippen LogP contribution in [-0.4, -0.2) is 42.4 Å². The Balaban J connectivity index is 2.26. The Labute approximate surface area is 117 Å². The van der Waals surface area contributed by atoms with E-state index in [4.69, 9.17) is 0 Å². The highest BCUT2D eigenvalue weighted by atomic mass is 19.4. The summed E-state index contributed by atoms with van der Waals surface area (Å²) in [5.74, 6) is -0.198. The van der Waals surface area contributed by atoms with Crippen molar-refractivity contribution in [2.24, 2.45) is 5.92 Å². The van der Waals surface area contributed by atoms with E-state index in [9.17, 15) is 23.1 Å². The summed E-state index contributed by atoms with van der Waals surface area (Å²) in [5, 5.41) is 14.4. The first-order valence-corrected chi connectivity index (χ1v) is 7.05. The van der Waals surface area contributed by atoms with Gasteiger partial charge in [-0.05, 0) is 25.7 Å². The summed E-state index contributed by atoms with van der Waals surface area (Å²) < 4.78 is 36.1. The molecule has 20 heavy (non-hydrogen) atoms. The molecule has 1 aliphatic rings. The molecule has 1 rings (SSSR count). The van der Waals surface area contributed by atoms with Crippen LogP contribution in [-0.2, 0) is 4.79 Å². The van der Waals surface area contributed by atoms with Crippen LogP contribution in [0.1, 0.15) is 39.0 Å². The second kappa shape index (κ2) is 7.83. The lowest BCUT2D eigenvalue weighted by atomic mass is 9.89. The van der Waals surface area contributed by atoms with Gasteiger partial charge in [0.1, 0.15) is 6.10 Å². The Hall–Kier alpha value is -0.820. The molecule has 2 unspecified atom stereocenters. The molecule has 4 nitrogen and oxygen atoms in total. The molecule has 0 bridgehead atoms. The molecule has 7 heteroatoms. The van der Waals surface area contributed by atoms with Gasteiger partial charge in [-0.25, -0.2) is 0 Å². The molecule has 1 aliphatic carbocycles. The maximum absolute atomic E-state index is 12.0. The van der Waals surface area contributed by atoms with Gasteiger partial charge in [0.25, 0.3) is 0 Å². The minimum atomic E-state index is -4.35. The number of amides is 1. The lowest BCUT2D eigenvalue weighted by Crippen LogP contribution is -2.50. The molecule has 0 aromatic carbocycles. The van der Waals surface area contributed by atoms with Gasteiger partial charge in [-0.3, -0.25) is 4.79 Å². The van der Waals surface area contributed by atoms with Gasteiger partial charge in [-0.15, -0.1) is 0 Å². The Kier molecular flexibility index (Phi) is 6.75. The molecule has 0 heterocycles. The van der Waals surface area contributed by atoms with Crippen LogP contribution in [0.5, 0.6) is 0 Å². The third-order valence-electron chi connectivity index (χ3n) is 3.66. The summed E-state index contributed by atoms with van der Waals surface area (Å²) in [5.41, 5.74) is 0. The van der Waals surface area contributed by atoms with Crippen molar-refractivity contribution in [3.8, 4) is 0 Å². The van der Waals surface area contributed by atoms with Gasteiger partial charge in [0, 0.05) is 12.6 Å². The van der Waals surface area contributed by atoms with Crippen LogP contribution in [0.4, 0.5) is 13.2 Å². The van der Waals surface area contributed by atoms with E-state index in [1.807, 2.05) is 0 Å². The molecular weight excluding hydrogens is 273 g/mol. The van der Waals surface area contributed by atoms with Crippen molar-refractivity contribution in [3.05, 3.63) is 0 Å². The van der Waals surface area contributed by atoms with Gasteiger partial charge in [0.05, 0.1) is 6.54 Å². The van der Waals surface area contributed by atoms with E-state index in [0.29, 0.717) is 12.5 Å². The first kappa shape index (κ1) is 17.2. The highest BCUT2D eigenvalue weighted by molar-refractivity contribution is 5.81. The smallest absolute Gasteiger partial charge is 0.382 e. The van der Waals surface area contributed by atoms with Crippen LogP contribution in [0.25, 0.3) is 0 Å². The molecule has 0 saturated heterocycles. The van der Waals surface area contributed by atoms with Crippen molar-refractivity contribution >= 4 is 5.91 Å². The molecule has 1 saturated carbocycles. The highest BCUT2D eigenvalue weighted by Gasteiger charge is 2.30. The molecular formula is C13H23F3N2O2. The molecule has 0 aromatic rings. The maximum atomic E-state index is 12.0. The van der Waals surface area contributed by atoms with Gasteiger partial charge in [-0.2, -0.15) is 13.2 Å². The number of aliphatic hydroxyl groups is 1. The minimum Gasteiger partial charge on any atom is -0.382 e. The van der Waals surface area contributed by atoms with E-state index < -0.39 is 30.8 Å². The van der Waals surface area contributed by atoms with Gasteiger partial charge in [0.15, 0.2) is 0 Å². The summed E-state index contributed by atoms with van der Waals surface area (Å²) in [7, 11) is 0. The quantitative estimate of drug-likeness (QED) is 0.697. The van der Waals surface area contributed by atoms with E-state index in [0.717, 1.165) is 25.7 Å². The van der Waals surface area contributed by atoms with E-state index in [2.05, 4.69) is 10.6 Å². The highest BCUT2D eigenvalue weighted by Crippen LogP contribution is 2.22. The summed E-state index contributed by atoms with van der Waals surface area (Å²) in [6.07, 6.45) is -0.214. The normalized spacial score (nSPS) is 20.4. The maximum Gasteiger partial charge on any atom is 0.401 e.